The third-order valence-electron chi connectivity index (χ3n) is 6.19. The van der Waals surface area contributed by atoms with Crippen molar-refractivity contribution in [3.8, 4) is 0 Å². The maximum Gasteiger partial charge on any atom is 0.00541 e. The molecule has 3 aliphatic rings. The van der Waals surface area contributed by atoms with Crippen molar-refractivity contribution >= 4 is 0 Å². The number of fused-ring (bicyclic) bond motifs is 1. The largest absolute Gasteiger partial charge is 0.306 e. The van der Waals surface area contributed by atoms with Crippen LogP contribution in [0.5, 0.6) is 0 Å². The molecule has 2 atom stereocenters. The van der Waals surface area contributed by atoms with Crippen molar-refractivity contribution < 1.29 is 0 Å². The molecular formula is C16H31N3. The molecule has 110 valence electrons. The third-order valence-corrected chi connectivity index (χ3v) is 6.19. The van der Waals surface area contributed by atoms with Gasteiger partial charge in [-0.2, -0.15) is 0 Å². The maximum atomic E-state index is 2.78. The Morgan fingerprint density at radius 2 is 1.37 bits per heavy atom. The second-order valence-corrected chi connectivity index (χ2v) is 8.21. The first-order valence-corrected chi connectivity index (χ1v) is 8.00. The van der Waals surface area contributed by atoms with Crippen LogP contribution >= 0.6 is 0 Å². The van der Waals surface area contributed by atoms with Gasteiger partial charge >= 0.3 is 0 Å². The molecule has 3 aliphatic heterocycles. The average molecular weight is 265 g/mol. The van der Waals surface area contributed by atoms with Gasteiger partial charge in [-0.25, -0.2) is 0 Å². The third kappa shape index (κ3) is 2.45. The minimum atomic E-state index is 0.521. The van der Waals surface area contributed by atoms with Crippen molar-refractivity contribution in [1.29, 1.82) is 0 Å². The predicted molar refractivity (Wildman–Crippen MR) is 80.4 cm³/mol. The van der Waals surface area contributed by atoms with Crippen LogP contribution in [0.15, 0.2) is 0 Å². The fourth-order valence-electron chi connectivity index (χ4n) is 4.89. The average Bonchev–Trinajstić information content (AvgIpc) is 2.64. The van der Waals surface area contributed by atoms with E-state index >= 15 is 0 Å². The summed E-state index contributed by atoms with van der Waals surface area (Å²) >= 11 is 0. The highest BCUT2D eigenvalue weighted by Crippen LogP contribution is 2.51. The van der Waals surface area contributed by atoms with E-state index in [1.807, 2.05) is 0 Å². The minimum Gasteiger partial charge on any atom is -0.306 e. The van der Waals surface area contributed by atoms with Crippen LogP contribution in [-0.4, -0.2) is 74.6 Å². The molecule has 3 heterocycles. The summed E-state index contributed by atoms with van der Waals surface area (Å²) in [5.41, 5.74) is 1.04. The van der Waals surface area contributed by atoms with Gasteiger partial charge in [0.05, 0.1) is 0 Å². The summed E-state index contributed by atoms with van der Waals surface area (Å²) in [6.45, 7) is 14.2. The standard InChI is InChI=1S/C16H31N3/c1-15-10-18(4)11-16(15,2)13-19(12-15)9-14-5-7-17(3)8-6-14/h14H,5-13H2,1-4H3. The highest BCUT2D eigenvalue weighted by Gasteiger charge is 2.56. The number of nitrogens with zero attached hydrogens (tertiary/aromatic N) is 3. The molecular weight excluding hydrogens is 234 g/mol. The first-order valence-electron chi connectivity index (χ1n) is 8.00. The lowest BCUT2D eigenvalue weighted by Crippen LogP contribution is -2.38. The number of likely N-dealkylation sites (tertiary alicyclic amines) is 3. The van der Waals surface area contributed by atoms with Crippen LogP contribution in [0.3, 0.4) is 0 Å². The summed E-state index contributed by atoms with van der Waals surface area (Å²) in [5, 5.41) is 0. The Labute approximate surface area is 118 Å². The minimum absolute atomic E-state index is 0.521. The summed E-state index contributed by atoms with van der Waals surface area (Å²) in [7, 11) is 4.55. The highest BCUT2D eigenvalue weighted by molar-refractivity contribution is 5.09. The maximum absolute atomic E-state index is 2.78. The van der Waals surface area contributed by atoms with Crippen LogP contribution in [-0.2, 0) is 0 Å². The SMILES string of the molecule is CN1CCC(CN2CC3(C)CN(C)CC3(C)C2)CC1. The molecule has 0 aromatic heterocycles. The molecule has 0 radical (unpaired) electrons. The molecule has 0 aliphatic carbocycles. The van der Waals surface area contributed by atoms with E-state index in [0.29, 0.717) is 10.8 Å². The molecule has 0 saturated carbocycles. The lowest BCUT2D eigenvalue weighted by Gasteiger charge is -2.32. The topological polar surface area (TPSA) is 9.72 Å². The monoisotopic (exact) mass is 265 g/mol. The van der Waals surface area contributed by atoms with Crippen LogP contribution in [0.2, 0.25) is 0 Å². The second kappa shape index (κ2) is 4.71. The molecule has 0 aromatic rings. The predicted octanol–water partition coefficient (Wildman–Crippen LogP) is 1.60. The van der Waals surface area contributed by atoms with Crippen molar-refractivity contribution in [3.63, 3.8) is 0 Å². The second-order valence-electron chi connectivity index (χ2n) is 8.21. The molecule has 3 nitrogen and oxygen atoms in total. The zero-order valence-corrected chi connectivity index (χ0v) is 13.3. The van der Waals surface area contributed by atoms with Crippen LogP contribution < -0.4 is 0 Å². The lowest BCUT2D eigenvalue weighted by atomic mass is 9.71. The normalized spacial score (nSPS) is 42.9. The van der Waals surface area contributed by atoms with E-state index in [-0.39, 0.29) is 0 Å². The summed E-state index contributed by atoms with van der Waals surface area (Å²) in [5.74, 6) is 0.944. The van der Waals surface area contributed by atoms with Crippen molar-refractivity contribution in [2.45, 2.75) is 26.7 Å². The molecule has 3 saturated heterocycles. The first kappa shape index (κ1) is 13.8. The van der Waals surface area contributed by atoms with Crippen molar-refractivity contribution in [2.75, 3.05) is 59.9 Å². The number of rotatable bonds is 2. The van der Waals surface area contributed by atoms with Gasteiger partial charge in [0, 0.05) is 43.6 Å². The lowest BCUT2D eigenvalue weighted by molar-refractivity contribution is 0.160. The van der Waals surface area contributed by atoms with E-state index in [4.69, 9.17) is 0 Å². The van der Waals surface area contributed by atoms with Crippen LogP contribution in [0, 0.1) is 16.7 Å². The van der Waals surface area contributed by atoms with Crippen molar-refractivity contribution in [1.82, 2.24) is 14.7 Å². The quantitative estimate of drug-likeness (QED) is 0.751. The van der Waals surface area contributed by atoms with E-state index in [0.717, 1.165) is 5.92 Å². The number of hydrogen-bond acceptors (Lipinski definition) is 3. The van der Waals surface area contributed by atoms with E-state index in [1.165, 1.54) is 58.7 Å². The molecule has 0 spiro atoms. The van der Waals surface area contributed by atoms with Crippen LogP contribution in [0.4, 0.5) is 0 Å². The van der Waals surface area contributed by atoms with Crippen LogP contribution in [0.25, 0.3) is 0 Å². The molecule has 0 N–H and O–H groups in total. The Bertz CT molecular complexity index is 317. The smallest absolute Gasteiger partial charge is 0.00541 e. The molecule has 0 aromatic carbocycles. The van der Waals surface area contributed by atoms with Gasteiger partial charge in [0.15, 0.2) is 0 Å². The van der Waals surface area contributed by atoms with E-state index in [2.05, 4.69) is 42.6 Å². The van der Waals surface area contributed by atoms with Crippen LogP contribution in [0.1, 0.15) is 26.7 Å². The van der Waals surface area contributed by atoms with Crippen molar-refractivity contribution in [3.05, 3.63) is 0 Å². The summed E-state index contributed by atoms with van der Waals surface area (Å²) in [6, 6.07) is 0. The molecule has 0 bridgehead atoms. The molecule has 2 unspecified atom stereocenters. The summed E-state index contributed by atoms with van der Waals surface area (Å²) in [6.07, 6.45) is 2.81. The summed E-state index contributed by atoms with van der Waals surface area (Å²) in [4.78, 5) is 7.79. The molecule has 0 amide bonds. The van der Waals surface area contributed by atoms with Gasteiger partial charge in [-0.3, -0.25) is 0 Å². The van der Waals surface area contributed by atoms with E-state index in [1.54, 1.807) is 0 Å². The Balaban J connectivity index is 1.58. The zero-order valence-electron chi connectivity index (χ0n) is 13.3. The van der Waals surface area contributed by atoms with Gasteiger partial charge in [0.2, 0.25) is 0 Å². The highest BCUT2D eigenvalue weighted by atomic mass is 15.3. The van der Waals surface area contributed by atoms with Gasteiger partial charge in [-0.05, 0) is 45.9 Å². The number of piperidine rings is 1. The summed E-state index contributed by atoms with van der Waals surface area (Å²) < 4.78 is 0. The molecule has 3 heteroatoms. The Morgan fingerprint density at radius 3 is 1.89 bits per heavy atom. The van der Waals surface area contributed by atoms with Crippen molar-refractivity contribution in [2.24, 2.45) is 16.7 Å². The molecule has 19 heavy (non-hydrogen) atoms. The first-order chi connectivity index (χ1) is 8.90. The fourth-order valence-corrected chi connectivity index (χ4v) is 4.89. The molecule has 3 rings (SSSR count). The van der Waals surface area contributed by atoms with Gasteiger partial charge in [-0.1, -0.05) is 13.8 Å². The van der Waals surface area contributed by atoms with E-state index in [9.17, 15) is 0 Å². The Morgan fingerprint density at radius 1 is 0.842 bits per heavy atom. The molecule has 3 fully saturated rings. The van der Waals surface area contributed by atoms with E-state index < -0.39 is 0 Å². The van der Waals surface area contributed by atoms with Gasteiger partial charge in [-0.15, -0.1) is 0 Å². The Kier molecular flexibility index (Phi) is 3.43. The zero-order chi connectivity index (χ0) is 13.7. The van der Waals surface area contributed by atoms with Gasteiger partial charge in [0.25, 0.3) is 0 Å². The number of hydrogen-bond donors (Lipinski definition) is 0. The Hall–Kier alpha value is -0.120. The van der Waals surface area contributed by atoms with Gasteiger partial charge < -0.3 is 14.7 Å². The van der Waals surface area contributed by atoms with Gasteiger partial charge in [0.1, 0.15) is 0 Å². The fraction of sp³-hybridized carbons (Fsp3) is 1.00.